The van der Waals surface area contributed by atoms with Gasteiger partial charge in [0.2, 0.25) is 6.17 Å². The topological polar surface area (TPSA) is 92.0 Å². The summed E-state index contributed by atoms with van der Waals surface area (Å²) in [6.07, 6.45) is 3.31. The highest BCUT2D eigenvalue weighted by Crippen LogP contribution is 2.28. The highest BCUT2D eigenvalue weighted by atomic mass is 19.1. The molecule has 0 fully saturated rings. The fourth-order valence-electron chi connectivity index (χ4n) is 3.67. The van der Waals surface area contributed by atoms with Crippen molar-refractivity contribution in [3.05, 3.63) is 95.7 Å². The molecule has 1 atom stereocenters. The van der Waals surface area contributed by atoms with E-state index in [-0.39, 0.29) is 16.8 Å². The van der Waals surface area contributed by atoms with E-state index in [2.05, 4.69) is 20.4 Å². The molecule has 2 aromatic heterocycles. The van der Waals surface area contributed by atoms with Crippen LogP contribution >= 0.6 is 0 Å². The summed E-state index contributed by atoms with van der Waals surface area (Å²) in [6.45, 7) is 0. The van der Waals surface area contributed by atoms with E-state index < -0.39 is 23.8 Å². The van der Waals surface area contributed by atoms with E-state index in [1.807, 2.05) is 0 Å². The largest absolute Gasteiger partial charge is 0.322 e. The molecule has 0 spiro atoms. The summed E-state index contributed by atoms with van der Waals surface area (Å²) >= 11 is 0. The number of para-hydroxylation sites is 1. The number of carbonyl (C=O) groups excluding carboxylic acids is 2. The summed E-state index contributed by atoms with van der Waals surface area (Å²) in [7, 11) is 1.59. The van der Waals surface area contributed by atoms with Crippen LogP contribution in [0.3, 0.4) is 0 Å². The number of hydrogen-bond donors (Lipinski definition) is 1. The molecule has 3 heterocycles. The predicted octanol–water partition coefficient (Wildman–Crippen LogP) is 2.44. The molecule has 4 aromatic rings. The van der Waals surface area contributed by atoms with Crippen molar-refractivity contribution in [1.29, 1.82) is 0 Å². The lowest BCUT2D eigenvalue weighted by molar-refractivity contribution is -0.119. The van der Waals surface area contributed by atoms with E-state index in [0.717, 1.165) is 0 Å². The minimum atomic E-state index is -1.27. The molecule has 1 aliphatic rings. The molecule has 1 unspecified atom stereocenters. The standard InChI is InChI=1S/C23H17FN6O2/c1-29-18-10-5-3-8-15(18)19(14-7-2-4-9-17(14)24)27-20(23(29)32)28-22(31)16-13-26-30-12-6-11-25-21(16)30/h2-13,20H,1H3,(H,28,31). The van der Waals surface area contributed by atoms with Crippen LogP contribution in [0.4, 0.5) is 10.1 Å². The fourth-order valence-corrected chi connectivity index (χ4v) is 3.67. The molecule has 5 rings (SSSR count). The van der Waals surface area contributed by atoms with Gasteiger partial charge >= 0.3 is 0 Å². The molecule has 0 saturated heterocycles. The third kappa shape index (κ3) is 3.20. The monoisotopic (exact) mass is 428 g/mol. The Labute approximate surface area is 182 Å². The maximum absolute atomic E-state index is 14.7. The van der Waals surface area contributed by atoms with Crippen molar-refractivity contribution >= 4 is 28.9 Å². The van der Waals surface area contributed by atoms with Crippen LogP contribution < -0.4 is 10.2 Å². The highest BCUT2D eigenvalue weighted by Gasteiger charge is 2.32. The Morgan fingerprint density at radius 2 is 1.81 bits per heavy atom. The predicted molar refractivity (Wildman–Crippen MR) is 116 cm³/mol. The molecule has 1 aliphatic heterocycles. The Morgan fingerprint density at radius 1 is 1.06 bits per heavy atom. The second kappa shape index (κ2) is 7.69. The normalized spacial score (nSPS) is 15.8. The molecule has 8 nitrogen and oxygen atoms in total. The lowest BCUT2D eigenvalue weighted by Gasteiger charge is -2.20. The second-order valence-corrected chi connectivity index (χ2v) is 7.19. The zero-order chi connectivity index (χ0) is 22.2. The van der Waals surface area contributed by atoms with Crippen molar-refractivity contribution in [3.8, 4) is 0 Å². The molecule has 2 amide bonds. The van der Waals surface area contributed by atoms with Gasteiger partial charge in [-0.3, -0.25) is 9.59 Å². The second-order valence-electron chi connectivity index (χ2n) is 7.19. The number of nitrogens with zero attached hydrogens (tertiary/aromatic N) is 5. The first-order chi connectivity index (χ1) is 15.5. The number of anilines is 1. The first kappa shape index (κ1) is 19.6. The van der Waals surface area contributed by atoms with Crippen LogP contribution in [0, 0.1) is 5.82 Å². The van der Waals surface area contributed by atoms with Gasteiger partial charge in [0.15, 0.2) is 5.65 Å². The summed E-state index contributed by atoms with van der Waals surface area (Å²) in [4.78, 5) is 36.3. The van der Waals surface area contributed by atoms with Gasteiger partial charge in [-0.1, -0.05) is 30.3 Å². The molecule has 0 radical (unpaired) electrons. The van der Waals surface area contributed by atoms with Crippen LogP contribution in [0.1, 0.15) is 21.5 Å². The van der Waals surface area contributed by atoms with Crippen LogP contribution in [-0.2, 0) is 4.79 Å². The van der Waals surface area contributed by atoms with Crippen molar-refractivity contribution in [1.82, 2.24) is 19.9 Å². The zero-order valence-corrected chi connectivity index (χ0v) is 16.9. The minimum absolute atomic E-state index is 0.199. The molecule has 1 N–H and O–H groups in total. The summed E-state index contributed by atoms with van der Waals surface area (Å²) in [5.74, 6) is -1.50. The van der Waals surface area contributed by atoms with Gasteiger partial charge in [-0.2, -0.15) is 5.10 Å². The van der Waals surface area contributed by atoms with E-state index >= 15 is 0 Å². The van der Waals surface area contributed by atoms with Crippen molar-refractivity contribution in [3.63, 3.8) is 0 Å². The van der Waals surface area contributed by atoms with Gasteiger partial charge in [-0.05, 0) is 24.3 Å². The number of likely N-dealkylation sites (N-methyl/N-ethyl adjacent to an activating group) is 1. The molecular formula is C23H17FN6O2. The van der Waals surface area contributed by atoms with E-state index in [4.69, 9.17) is 0 Å². The first-order valence-electron chi connectivity index (χ1n) is 9.83. The first-order valence-corrected chi connectivity index (χ1v) is 9.83. The van der Waals surface area contributed by atoms with Crippen LogP contribution in [0.15, 0.2) is 78.2 Å². The van der Waals surface area contributed by atoms with Gasteiger partial charge in [-0.25, -0.2) is 18.9 Å². The molecule has 9 heteroatoms. The number of amides is 2. The number of aromatic nitrogens is 3. The number of halogens is 1. The van der Waals surface area contributed by atoms with Crippen LogP contribution in [0.2, 0.25) is 0 Å². The van der Waals surface area contributed by atoms with E-state index in [9.17, 15) is 14.0 Å². The van der Waals surface area contributed by atoms with Crippen molar-refractivity contribution in [2.75, 3.05) is 11.9 Å². The third-order valence-corrected chi connectivity index (χ3v) is 5.26. The lowest BCUT2D eigenvalue weighted by atomic mass is 10.00. The van der Waals surface area contributed by atoms with Gasteiger partial charge in [0.25, 0.3) is 11.8 Å². The molecule has 2 aromatic carbocycles. The molecular weight excluding hydrogens is 411 g/mol. The number of nitrogens with one attached hydrogen (secondary N) is 1. The van der Waals surface area contributed by atoms with Crippen LogP contribution in [0.25, 0.3) is 5.65 Å². The zero-order valence-electron chi connectivity index (χ0n) is 16.9. The summed E-state index contributed by atoms with van der Waals surface area (Å²) in [5, 5.41) is 6.76. The van der Waals surface area contributed by atoms with Gasteiger partial charge in [0.05, 0.1) is 17.6 Å². The lowest BCUT2D eigenvalue weighted by Crippen LogP contribution is -2.46. The van der Waals surface area contributed by atoms with Gasteiger partial charge in [0.1, 0.15) is 11.4 Å². The number of hydrogen-bond acceptors (Lipinski definition) is 5. The van der Waals surface area contributed by atoms with Gasteiger partial charge in [-0.15, -0.1) is 0 Å². The number of carbonyl (C=O) groups is 2. The van der Waals surface area contributed by atoms with Gasteiger partial charge < -0.3 is 10.2 Å². The molecule has 158 valence electrons. The number of fused-ring (bicyclic) bond motifs is 2. The smallest absolute Gasteiger partial charge is 0.272 e. The Morgan fingerprint density at radius 3 is 2.62 bits per heavy atom. The van der Waals surface area contributed by atoms with Crippen LogP contribution in [0.5, 0.6) is 0 Å². The Kier molecular flexibility index (Phi) is 4.70. The van der Waals surface area contributed by atoms with E-state index in [0.29, 0.717) is 16.9 Å². The van der Waals surface area contributed by atoms with Crippen molar-refractivity contribution < 1.29 is 14.0 Å². The Hall–Kier alpha value is -4.40. The Balaban J connectivity index is 1.60. The van der Waals surface area contributed by atoms with E-state index in [1.54, 1.807) is 68.0 Å². The SMILES string of the molecule is CN1C(=O)C(NC(=O)c2cnn3cccnc23)N=C(c2ccccc2F)c2ccccc21. The van der Waals surface area contributed by atoms with Crippen molar-refractivity contribution in [2.45, 2.75) is 6.17 Å². The third-order valence-electron chi connectivity index (χ3n) is 5.26. The van der Waals surface area contributed by atoms with Gasteiger partial charge in [0, 0.05) is 30.6 Å². The van der Waals surface area contributed by atoms with Crippen LogP contribution in [-0.4, -0.2) is 45.3 Å². The number of aliphatic imine (C=N–C) groups is 1. The average Bonchev–Trinajstić information content (AvgIpc) is 3.22. The maximum Gasteiger partial charge on any atom is 0.272 e. The number of rotatable bonds is 3. The molecule has 32 heavy (non-hydrogen) atoms. The average molecular weight is 428 g/mol. The number of benzene rings is 2. The molecule has 0 aliphatic carbocycles. The number of benzodiazepines with no additional fused rings is 1. The highest BCUT2D eigenvalue weighted by molar-refractivity contribution is 6.20. The summed E-state index contributed by atoms with van der Waals surface area (Å²) < 4.78 is 16.2. The summed E-state index contributed by atoms with van der Waals surface area (Å²) in [5.41, 5.74) is 2.21. The maximum atomic E-state index is 14.7. The van der Waals surface area contributed by atoms with E-state index in [1.165, 1.54) is 21.7 Å². The Bertz CT molecular complexity index is 1400. The molecule has 0 bridgehead atoms. The quantitative estimate of drug-likeness (QED) is 0.543. The summed E-state index contributed by atoms with van der Waals surface area (Å²) in [6, 6.07) is 15.0. The molecule has 0 saturated carbocycles. The minimum Gasteiger partial charge on any atom is -0.322 e. The van der Waals surface area contributed by atoms with Crippen molar-refractivity contribution in [2.24, 2.45) is 4.99 Å². The fraction of sp³-hybridized carbons (Fsp3) is 0.0870.